The zero-order chi connectivity index (χ0) is 17.5. The Morgan fingerprint density at radius 3 is 2.73 bits per heavy atom. The summed E-state index contributed by atoms with van der Waals surface area (Å²) in [6, 6.07) is 9.24. The van der Waals surface area contributed by atoms with Crippen LogP contribution in [0.5, 0.6) is 23.0 Å². The summed E-state index contributed by atoms with van der Waals surface area (Å²) in [4.78, 5) is 0. The van der Waals surface area contributed by atoms with Crippen molar-refractivity contribution >= 4 is 23.4 Å². The van der Waals surface area contributed by atoms with Crippen molar-refractivity contribution in [2.24, 2.45) is 0 Å². The topological polar surface area (TPSA) is 75.8 Å². The van der Waals surface area contributed by atoms with Crippen LogP contribution >= 0.6 is 23.4 Å². The van der Waals surface area contributed by atoms with Crippen LogP contribution in [0.3, 0.4) is 0 Å². The van der Waals surface area contributed by atoms with Crippen molar-refractivity contribution in [3.63, 3.8) is 0 Å². The van der Waals surface area contributed by atoms with Gasteiger partial charge in [-0.05, 0) is 35.9 Å². The van der Waals surface area contributed by atoms with Crippen molar-refractivity contribution in [1.29, 1.82) is 0 Å². The van der Waals surface area contributed by atoms with E-state index in [9.17, 15) is 0 Å². The molecule has 0 fully saturated rings. The van der Waals surface area contributed by atoms with Crippen LogP contribution in [0, 0.1) is 0 Å². The molecule has 0 saturated carbocycles. The third-order valence-corrected chi connectivity index (χ3v) is 5.05. The monoisotopic (exact) mass is 390 g/mol. The normalized spacial score (nSPS) is 14.0. The van der Waals surface area contributed by atoms with Crippen LogP contribution in [-0.4, -0.2) is 23.8 Å². The Balaban J connectivity index is 1.31. The maximum atomic E-state index is 6.20. The highest BCUT2D eigenvalue weighted by Gasteiger charge is 2.19. The Morgan fingerprint density at radius 2 is 1.77 bits per heavy atom. The molecule has 132 valence electrons. The van der Waals surface area contributed by atoms with Gasteiger partial charge in [-0.2, -0.15) is 0 Å². The summed E-state index contributed by atoms with van der Waals surface area (Å²) in [7, 11) is 0. The largest absolute Gasteiger partial charge is 0.454 e. The van der Waals surface area contributed by atoms with Crippen LogP contribution in [0.4, 0.5) is 0 Å². The number of fused-ring (bicyclic) bond motifs is 2. The minimum absolute atomic E-state index is 0.189. The zero-order valence-corrected chi connectivity index (χ0v) is 14.8. The fourth-order valence-corrected chi connectivity index (χ4v) is 3.64. The van der Waals surface area contributed by atoms with E-state index in [1.165, 1.54) is 11.8 Å². The van der Waals surface area contributed by atoms with Gasteiger partial charge in [0.15, 0.2) is 23.0 Å². The second-order valence-electron chi connectivity index (χ2n) is 5.54. The maximum absolute atomic E-state index is 6.20. The first kappa shape index (κ1) is 15.7. The second-order valence-corrected chi connectivity index (χ2v) is 6.88. The van der Waals surface area contributed by atoms with E-state index >= 15 is 0 Å². The molecule has 26 heavy (non-hydrogen) atoms. The second kappa shape index (κ2) is 6.30. The van der Waals surface area contributed by atoms with E-state index in [1.807, 2.05) is 30.3 Å². The third kappa shape index (κ3) is 2.81. The molecule has 0 saturated heterocycles. The van der Waals surface area contributed by atoms with Gasteiger partial charge in [0, 0.05) is 11.3 Å². The lowest BCUT2D eigenvalue weighted by atomic mass is 10.2. The number of ether oxygens (including phenoxy) is 4. The SMILES string of the molecule is Clc1cc(CSc2nnc(-c3ccc4c(c3)OCO4)o2)cc2c1OCO2. The molecular formula is C17H11ClN2O5S. The van der Waals surface area contributed by atoms with E-state index in [4.69, 9.17) is 35.0 Å². The van der Waals surface area contributed by atoms with Gasteiger partial charge >= 0.3 is 0 Å². The zero-order valence-electron chi connectivity index (χ0n) is 13.2. The average Bonchev–Trinajstić information content (AvgIpc) is 3.38. The van der Waals surface area contributed by atoms with Crippen LogP contribution in [0.15, 0.2) is 40.0 Å². The van der Waals surface area contributed by atoms with E-state index in [0.29, 0.717) is 44.9 Å². The lowest BCUT2D eigenvalue weighted by Gasteiger charge is -2.03. The van der Waals surface area contributed by atoms with Gasteiger partial charge in [0.1, 0.15) is 0 Å². The van der Waals surface area contributed by atoms with Gasteiger partial charge in [-0.15, -0.1) is 10.2 Å². The van der Waals surface area contributed by atoms with Crippen molar-refractivity contribution in [1.82, 2.24) is 10.2 Å². The molecule has 0 atom stereocenters. The van der Waals surface area contributed by atoms with Crippen LogP contribution in [-0.2, 0) is 5.75 Å². The Hall–Kier alpha value is -2.58. The molecule has 0 N–H and O–H groups in total. The summed E-state index contributed by atoms with van der Waals surface area (Å²) < 4.78 is 27.1. The smallest absolute Gasteiger partial charge is 0.277 e. The fraction of sp³-hybridized carbons (Fsp3) is 0.176. The minimum atomic E-state index is 0.189. The molecule has 9 heteroatoms. The van der Waals surface area contributed by atoms with Gasteiger partial charge in [-0.1, -0.05) is 23.4 Å². The molecule has 5 rings (SSSR count). The molecule has 0 radical (unpaired) electrons. The lowest BCUT2D eigenvalue weighted by Crippen LogP contribution is -1.93. The van der Waals surface area contributed by atoms with E-state index in [2.05, 4.69) is 10.2 Å². The van der Waals surface area contributed by atoms with E-state index in [-0.39, 0.29) is 13.6 Å². The highest BCUT2D eigenvalue weighted by atomic mass is 35.5. The number of benzene rings is 2. The molecular weight excluding hydrogens is 380 g/mol. The van der Waals surface area contributed by atoms with Crippen molar-refractivity contribution in [3.05, 3.63) is 40.9 Å². The van der Waals surface area contributed by atoms with Gasteiger partial charge in [0.25, 0.3) is 5.22 Å². The minimum Gasteiger partial charge on any atom is -0.454 e. The van der Waals surface area contributed by atoms with Gasteiger partial charge in [0.2, 0.25) is 19.5 Å². The highest BCUT2D eigenvalue weighted by molar-refractivity contribution is 7.98. The van der Waals surface area contributed by atoms with Crippen molar-refractivity contribution < 1.29 is 23.4 Å². The Bertz CT molecular complexity index is 993. The Labute approximate surface area is 157 Å². The molecule has 2 aliphatic heterocycles. The van der Waals surface area contributed by atoms with Gasteiger partial charge < -0.3 is 23.4 Å². The van der Waals surface area contributed by atoms with Crippen molar-refractivity contribution in [2.75, 3.05) is 13.6 Å². The van der Waals surface area contributed by atoms with Crippen molar-refractivity contribution in [2.45, 2.75) is 11.0 Å². The average molecular weight is 391 g/mol. The number of halogens is 1. The summed E-state index contributed by atoms with van der Waals surface area (Å²) in [5.74, 6) is 3.66. The van der Waals surface area contributed by atoms with Crippen LogP contribution in [0.2, 0.25) is 5.02 Å². The van der Waals surface area contributed by atoms with Gasteiger partial charge in [-0.3, -0.25) is 0 Å². The third-order valence-electron chi connectivity index (χ3n) is 3.88. The fourth-order valence-electron chi connectivity index (χ4n) is 2.66. The first-order chi connectivity index (χ1) is 12.8. The standard InChI is InChI=1S/C17H11ClN2O5S/c18-11-3-9(4-14-15(11)24-8-23-14)6-26-17-20-19-16(25-17)10-1-2-12-13(5-10)22-7-21-12/h1-5H,6-8H2. The first-order valence-corrected chi connectivity index (χ1v) is 9.07. The van der Waals surface area contributed by atoms with Crippen LogP contribution in [0.25, 0.3) is 11.5 Å². The number of rotatable bonds is 4. The van der Waals surface area contributed by atoms with E-state index < -0.39 is 0 Å². The molecule has 0 bridgehead atoms. The summed E-state index contributed by atoms with van der Waals surface area (Å²) in [6.45, 7) is 0.413. The summed E-state index contributed by atoms with van der Waals surface area (Å²) in [5, 5.41) is 9.17. The first-order valence-electron chi connectivity index (χ1n) is 7.70. The molecule has 0 amide bonds. The van der Waals surface area contributed by atoms with Crippen LogP contribution in [0.1, 0.15) is 5.56 Å². The molecule has 3 heterocycles. The molecule has 1 aromatic heterocycles. The lowest BCUT2D eigenvalue weighted by molar-refractivity contribution is 0.173. The summed E-state index contributed by atoms with van der Waals surface area (Å²) in [6.07, 6.45) is 0. The summed E-state index contributed by atoms with van der Waals surface area (Å²) in [5.41, 5.74) is 1.76. The van der Waals surface area contributed by atoms with Crippen molar-refractivity contribution in [3.8, 4) is 34.5 Å². The Morgan fingerprint density at radius 1 is 0.923 bits per heavy atom. The number of thioether (sulfide) groups is 1. The highest BCUT2D eigenvalue weighted by Crippen LogP contribution is 2.41. The summed E-state index contributed by atoms with van der Waals surface area (Å²) >= 11 is 7.62. The van der Waals surface area contributed by atoms with Gasteiger partial charge in [0.05, 0.1) is 5.02 Å². The number of hydrogen-bond donors (Lipinski definition) is 0. The molecule has 7 nitrogen and oxygen atoms in total. The Kier molecular flexibility index (Phi) is 3.79. The number of aromatic nitrogens is 2. The molecule has 2 aromatic carbocycles. The number of nitrogens with zero attached hydrogens (tertiary/aromatic N) is 2. The predicted octanol–water partition coefficient (Wildman–Crippen LogP) is 4.14. The quantitative estimate of drug-likeness (QED) is 0.615. The molecule has 0 unspecified atom stereocenters. The molecule has 0 spiro atoms. The molecule has 2 aliphatic rings. The van der Waals surface area contributed by atoms with E-state index in [0.717, 1.165) is 11.1 Å². The number of hydrogen-bond acceptors (Lipinski definition) is 8. The maximum Gasteiger partial charge on any atom is 0.277 e. The van der Waals surface area contributed by atoms with E-state index in [1.54, 1.807) is 0 Å². The predicted molar refractivity (Wildman–Crippen MR) is 93.0 cm³/mol. The molecule has 0 aliphatic carbocycles. The van der Waals surface area contributed by atoms with Gasteiger partial charge in [-0.25, -0.2) is 0 Å². The molecule has 3 aromatic rings. The van der Waals surface area contributed by atoms with Crippen LogP contribution < -0.4 is 18.9 Å².